The molecule has 24 heavy (non-hydrogen) atoms. The molecule has 0 aliphatic carbocycles. The van der Waals surface area contributed by atoms with Crippen molar-refractivity contribution in [1.82, 2.24) is 0 Å². The number of carbonyl (C=O) groups is 1. The van der Waals surface area contributed by atoms with Crippen LogP contribution in [0.25, 0.3) is 0 Å². The second-order valence-electron chi connectivity index (χ2n) is 5.16. The summed E-state index contributed by atoms with van der Waals surface area (Å²) in [5.41, 5.74) is 1.86. The number of benzene rings is 2. The molecule has 0 aliphatic heterocycles. The Hall–Kier alpha value is -3.29. The first-order valence-electron chi connectivity index (χ1n) is 7.08. The summed E-state index contributed by atoms with van der Waals surface area (Å²) in [5, 5.41) is 16.1. The first-order valence-corrected chi connectivity index (χ1v) is 7.08. The number of nitrogens with one attached hydrogen (secondary N) is 2. The van der Waals surface area contributed by atoms with E-state index < -0.39 is 11.0 Å². The quantitative estimate of drug-likeness (QED) is 0.647. The van der Waals surface area contributed by atoms with E-state index in [1.165, 1.54) is 25.3 Å². The molecule has 0 bridgehead atoms. The van der Waals surface area contributed by atoms with Gasteiger partial charge in [0, 0.05) is 31.5 Å². The van der Waals surface area contributed by atoms with Crippen molar-refractivity contribution in [1.29, 1.82) is 0 Å². The molecule has 2 aromatic carbocycles. The Kier molecular flexibility index (Phi) is 5.20. The van der Waals surface area contributed by atoms with Crippen LogP contribution in [0, 0.1) is 10.1 Å². The highest BCUT2D eigenvalue weighted by atomic mass is 16.6. The summed E-state index contributed by atoms with van der Waals surface area (Å²) >= 11 is 0. The number of methoxy groups -OCH3 is 1. The van der Waals surface area contributed by atoms with E-state index in [0.29, 0.717) is 11.4 Å². The van der Waals surface area contributed by atoms with Crippen LogP contribution in [-0.2, 0) is 0 Å². The zero-order valence-electron chi connectivity index (χ0n) is 13.6. The summed E-state index contributed by atoms with van der Waals surface area (Å²) in [6.07, 6.45) is 0. The van der Waals surface area contributed by atoms with Gasteiger partial charge < -0.3 is 20.3 Å². The highest BCUT2D eigenvalue weighted by Crippen LogP contribution is 2.29. The van der Waals surface area contributed by atoms with E-state index >= 15 is 0 Å². The van der Waals surface area contributed by atoms with Crippen molar-refractivity contribution in [2.24, 2.45) is 0 Å². The molecule has 126 valence electrons. The molecule has 0 aliphatic rings. The summed E-state index contributed by atoms with van der Waals surface area (Å²) < 4.78 is 5.08. The van der Waals surface area contributed by atoms with Crippen LogP contribution in [-0.4, -0.2) is 32.2 Å². The van der Waals surface area contributed by atoms with Crippen LogP contribution in [0.2, 0.25) is 0 Å². The number of nitro groups is 1. The van der Waals surface area contributed by atoms with Crippen molar-refractivity contribution in [2.75, 3.05) is 36.7 Å². The first kappa shape index (κ1) is 17.1. The maximum Gasteiger partial charge on any atom is 0.323 e. The van der Waals surface area contributed by atoms with E-state index in [9.17, 15) is 14.9 Å². The predicted octanol–water partition coefficient (Wildman–Crippen LogP) is 3.31. The smallest absolute Gasteiger partial charge is 0.323 e. The number of anilines is 3. The van der Waals surface area contributed by atoms with Crippen LogP contribution in [0.15, 0.2) is 42.5 Å². The molecule has 0 spiro atoms. The Balaban J connectivity index is 2.08. The second kappa shape index (κ2) is 7.32. The average molecular weight is 330 g/mol. The Morgan fingerprint density at radius 3 is 2.33 bits per heavy atom. The molecule has 8 heteroatoms. The lowest BCUT2D eigenvalue weighted by atomic mass is 10.2. The molecule has 2 N–H and O–H groups in total. The summed E-state index contributed by atoms with van der Waals surface area (Å²) in [6.45, 7) is 0. The Morgan fingerprint density at radius 1 is 1.12 bits per heavy atom. The fourth-order valence-electron chi connectivity index (χ4n) is 2.02. The summed E-state index contributed by atoms with van der Waals surface area (Å²) in [6, 6.07) is 10.8. The minimum Gasteiger partial charge on any atom is -0.494 e. The van der Waals surface area contributed by atoms with E-state index in [0.717, 1.165) is 5.69 Å². The minimum absolute atomic E-state index is 0.114. The molecule has 0 heterocycles. The van der Waals surface area contributed by atoms with Crippen LogP contribution in [0.5, 0.6) is 5.75 Å². The van der Waals surface area contributed by atoms with Crippen LogP contribution in [0.3, 0.4) is 0 Å². The molecule has 8 nitrogen and oxygen atoms in total. The standard InChI is InChI=1S/C16H18N4O4/c1-19(2)12-6-4-11(5-7-12)17-16(21)18-14-9-8-13(20(22)23)10-15(14)24-3/h4-10H,1-3H3,(H2,17,18,21). The zero-order valence-corrected chi connectivity index (χ0v) is 13.6. The van der Waals surface area contributed by atoms with Gasteiger partial charge in [0.2, 0.25) is 0 Å². The topological polar surface area (TPSA) is 96.7 Å². The highest BCUT2D eigenvalue weighted by molar-refractivity contribution is 6.00. The number of hydrogen-bond acceptors (Lipinski definition) is 5. The van der Waals surface area contributed by atoms with Gasteiger partial charge in [-0.2, -0.15) is 0 Å². The number of rotatable bonds is 5. The van der Waals surface area contributed by atoms with Gasteiger partial charge in [-0.25, -0.2) is 4.79 Å². The van der Waals surface area contributed by atoms with Gasteiger partial charge in [0.15, 0.2) is 0 Å². The highest BCUT2D eigenvalue weighted by Gasteiger charge is 2.13. The normalized spacial score (nSPS) is 9.96. The Bertz CT molecular complexity index is 744. The van der Waals surface area contributed by atoms with Crippen molar-refractivity contribution < 1.29 is 14.5 Å². The largest absolute Gasteiger partial charge is 0.494 e. The maximum atomic E-state index is 12.1. The molecular weight excluding hydrogens is 312 g/mol. The van der Waals surface area contributed by atoms with Crippen LogP contribution >= 0.6 is 0 Å². The van der Waals surface area contributed by atoms with E-state index in [2.05, 4.69) is 10.6 Å². The number of nitrogens with zero attached hydrogens (tertiary/aromatic N) is 2. The Morgan fingerprint density at radius 2 is 1.79 bits per heavy atom. The number of nitro benzene ring substituents is 1. The number of carbonyl (C=O) groups excluding carboxylic acids is 1. The zero-order chi connectivity index (χ0) is 17.7. The van der Waals surface area contributed by atoms with Gasteiger partial charge >= 0.3 is 6.03 Å². The van der Waals surface area contributed by atoms with E-state index in [1.807, 2.05) is 31.1 Å². The van der Waals surface area contributed by atoms with Crippen LogP contribution in [0.4, 0.5) is 27.5 Å². The third-order valence-electron chi connectivity index (χ3n) is 3.29. The lowest BCUT2D eigenvalue weighted by Crippen LogP contribution is -2.20. The summed E-state index contributed by atoms with van der Waals surface area (Å²) in [4.78, 5) is 24.3. The molecule has 0 saturated heterocycles. The van der Waals surface area contributed by atoms with Crippen molar-refractivity contribution in [3.05, 3.63) is 52.6 Å². The average Bonchev–Trinajstić information content (AvgIpc) is 2.55. The third-order valence-corrected chi connectivity index (χ3v) is 3.29. The van der Waals surface area contributed by atoms with Crippen LogP contribution < -0.4 is 20.3 Å². The SMILES string of the molecule is COc1cc([N+](=O)[O-])ccc1NC(=O)Nc1ccc(N(C)C)cc1. The van der Waals surface area contributed by atoms with Gasteiger partial charge in [0.1, 0.15) is 5.75 Å². The van der Waals surface area contributed by atoms with Crippen molar-refractivity contribution >= 4 is 28.8 Å². The molecule has 2 rings (SSSR count). The molecule has 0 fully saturated rings. The van der Waals surface area contributed by atoms with Crippen LogP contribution in [0.1, 0.15) is 0 Å². The maximum absolute atomic E-state index is 12.1. The lowest BCUT2D eigenvalue weighted by Gasteiger charge is -2.14. The van der Waals surface area contributed by atoms with E-state index in [1.54, 1.807) is 12.1 Å². The minimum atomic E-state index is -0.529. The van der Waals surface area contributed by atoms with E-state index in [4.69, 9.17) is 4.74 Å². The van der Waals surface area contributed by atoms with E-state index in [-0.39, 0.29) is 11.4 Å². The summed E-state index contributed by atoms with van der Waals surface area (Å²) in [5.74, 6) is 0.210. The third kappa shape index (κ3) is 4.13. The van der Waals surface area contributed by atoms with Crippen molar-refractivity contribution in [3.63, 3.8) is 0 Å². The van der Waals surface area contributed by atoms with Crippen molar-refractivity contribution in [3.8, 4) is 5.75 Å². The van der Waals surface area contributed by atoms with Gasteiger partial charge in [0.25, 0.3) is 5.69 Å². The van der Waals surface area contributed by atoms with Gasteiger partial charge in [-0.1, -0.05) is 0 Å². The number of ether oxygens (including phenoxy) is 1. The fraction of sp³-hybridized carbons (Fsp3) is 0.188. The molecule has 2 amide bonds. The lowest BCUT2D eigenvalue weighted by molar-refractivity contribution is -0.384. The number of urea groups is 1. The first-order chi connectivity index (χ1) is 11.4. The second-order valence-corrected chi connectivity index (χ2v) is 5.16. The summed E-state index contributed by atoms with van der Waals surface area (Å²) in [7, 11) is 5.23. The van der Waals surface area contributed by atoms with Gasteiger partial charge in [-0.15, -0.1) is 0 Å². The van der Waals surface area contributed by atoms with Gasteiger partial charge in [0.05, 0.1) is 23.8 Å². The molecule has 0 aromatic heterocycles. The van der Waals surface area contributed by atoms with Gasteiger partial charge in [-0.3, -0.25) is 10.1 Å². The fourth-order valence-corrected chi connectivity index (χ4v) is 2.02. The molecule has 2 aromatic rings. The monoisotopic (exact) mass is 330 g/mol. The van der Waals surface area contributed by atoms with Gasteiger partial charge in [-0.05, 0) is 30.3 Å². The molecule has 0 unspecified atom stereocenters. The number of amides is 2. The van der Waals surface area contributed by atoms with Crippen molar-refractivity contribution in [2.45, 2.75) is 0 Å². The molecule has 0 atom stereocenters. The molecular formula is C16H18N4O4. The number of hydrogen-bond donors (Lipinski definition) is 2. The Labute approximate surface area is 139 Å². The molecule has 0 radical (unpaired) electrons. The molecule has 0 saturated carbocycles. The number of non-ortho nitro benzene ring substituents is 1. The predicted molar refractivity (Wildman–Crippen MR) is 93.1 cm³/mol.